The van der Waals surface area contributed by atoms with E-state index in [4.69, 9.17) is 5.73 Å². The van der Waals surface area contributed by atoms with Gasteiger partial charge in [0, 0.05) is 17.8 Å². The maximum atomic E-state index is 13.4. The van der Waals surface area contributed by atoms with Crippen LogP contribution < -0.4 is 21.5 Å². The zero-order valence-corrected chi connectivity index (χ0v) is 18.0. The molecule has 1 aliphatic rings. The molecule has 0 fully saturated rings. The molecule has 2 amide bonds. The van der Waals surface area contributed by atoms with Crippen molar-refractivity contribution in [2.24, 2.45) is 0 Å². The van der Waals surface area contributed by atoms with Crippen LogP contribution in [-0.4, -0.2) is 34.1 Å². The molecule has 0 bridgehead atoms. The van der Waals surface area contributed by atoms with Crippen molar-refractivity contribution in [1.82, 2.24) is 9.97 Å². The standard InChI is InChI=1S/C22H19F2N5O3S/c23-14-8-7-13(10-15(14)24)20(31)26-18-19(25)27-22(28-21(18)32)33-11-17(30)29-9-3-5-12-4-1-2-6-16(12)29/h1-2,4,6-8,10H,3,5,9,11H2,(H,26,31)(H3,25,27,28,32). The third-order valence-electron chi connectivity index (χ3n) is 5.09. The van der Waals surface area contributed by atoms with E-state index in [9.17, 15) is 23.2 Å². The Kier molecular flexibility index (Phi) is 6.40. The second kappa shape index (κ2) is 9.41. The van der Waals surface area contributed by atoms with Crippen molar-refractivity contribution in [2.75, 3.05) is 28.2 Å². The molecule has 0 aliphatic carbocycles. The molecule has 0 saturated carbocycles. The molecule has 3 aromatic rings. The van der Waals surface area contributed by atoms with Gasteiger partial charge in [-0.2, -0.15) is 0 Å². The molecule has 0 unspecified atom stereocenters. The molecule has 33 heavy (non-hydrogen) atoms. The average Bonchev–Trinajstić information content (AvgIpc) is 2.81. The summed E-state index contributed by atoms with van der Waals surface area (Å²) in [7, 11) is 0. The Morgan fingerprint density at radius 2 is 1.97 bits per heavy atom. The number of para-hydroxylation sites is 1. The molecule has 2 heterocycles. The number of nitrogens with zero attached hydrogens (tertiary/aromatic N) is 2. The number of nitrogens with one attached hydrogen (secondary N) is 2. The van der Waals surface area contributed by atoms with Crippen LogP contribution in [0.15, 0.2) is 52.4 Å². The van der Waals surface area contributed by atoms with Crippen molar-refractivity contribution < 1.29 is 18.4 Å². The summed E-state index contributed by atoms with van der Waals surface area (Å²) in [4.78, 5) is 45.7. The van der Waals surface area contributed by atoms with Crippen molar-refractivity contribution in [3.63, 3.8) is 0 Å². The van der Waals surface area contributed by atoms with Crippen LogP contribution >= 0.6 is 11.8 Å². The molecule has 1 aromatic heterocycles. The van der Waals surface area contributed by atoms with Crippen LogP contribution in [0.1, 0.15) is 22.3 Å². The summed E-state index contributed by atoms with van der Waals surface area (Å²) in [6.07, 6.45) is 1.78. The van der Waals surface area contributed by atoms with Gasteiger partial charge in [-0.3, -0.25) is 19.4 Å². The number of aryl methyl sites for hydroxylation is 1. The first kappa shape index (κ1) is 22.5. The first-order valence-corrected chi connectivity index (χ1v) is 11.0. The monoisotopic (exact) mass is 471 g/mol. The normalized spacial score (nSPS) is 12.8. The number of rotatable bonds is 5. The highest BCUT2D eigenvalue weighted by Gasteiger charge is 2.23. The number of aromatic nitrogens is 2. The van der Waals surface area contributed by atoms with Gasteiger partial charge in [0.2, 0.25) is 5.91 Å². The molecule has 11 heteroatoms. The van der Waals surface area contributed by atoms with E-state index in [2.05, 4.69) is 15.3 Å². The number of H-pyrrole nitrogens is 1. The molecule has 170 valence electrons. The Labute approximate surface area is 191 Å². The van der Waals surface area contributed by atoms with Crippen LogP contribution in [0.5, 0.6) is 0 Å². The summed E-state index contributed by atoms with van der Waals surface area (Å²) in [5.74, 6) is -3.54. The highest BCUT2D eigenvalue weighted by atomic mass is 32.2. The maximum Gasteiger partial charge on any atom is 0.277 e. The molecule has 4 N–H and O–H groups in total. The molecule has 0 atom stereocenters. The first-order valence-electron chi connectivity index (χ1n) is 10.0. The largest absolute Gasteiger partial charge is 0.382 e. The van der Waals surface area contributed by atoms with Gasteiger partial charge in [0.25, 0.3) is 11.5 Å². The van der Waals surface area contributed by atoms with E-state index in [-0.39, 0.29) is 33.9 Å². The van der Waals surface area contributed by atoms with Crippen LogP contribution in [0, 0.1) is 11.6 Å². The quantitative estimate of drug-likeness (QED) is 0.389. The molecule has 8 nitrogen and oxygen atoms in total. The maximum absolute atomic E-state index is 13.4. The van der Waals surface area contributed by atoms with E-state index in [1.807, 2.05) is 24.3 Å². The highest BCUT2D eigenvalue weighted by Crippen LogP contribution is 2.28. The van der Waals surface area contributed by atoms with Gasteiger partial charge in [-0.1, -0.05) is 30.0 Å². The van der Waals surface area contributed by atoms with E-state index in [1.54, 1.807) is 4.90 Å². The van der Waals surface area contributed by atoms with Crippen LogP contribution in [0.4, 0.5) is 26.0 Å². The van der Waals surface area contributed by atoms with E-state index in [0.717, 1.165) is 48.0 Å². The summed E-state index contributed by atoms with van der Waals surface area (Å²) < 4.78 is 26.4. The van der Waals surface area contributed by atoms with Gasteiger partial charge in [0.1, 0.15) is 5.69 Å². The van der Waals surface area contributed by atoms with Crippen LogP contribution in [-0.2, 0) is 11.2 Å². The van der Waals surface area contributed by atoms with Gasteiger partial charge in [-0.05, 0) is 42.7 Å². The van der Waals surface area contributed by atoms with Gasteiger partial charge in [-0.15, -0.1) is 0 Å². The molecule has 2 aromatic carbocycles. The minimum Gasteiger partial charge on any atom is -0.382 e. The summed E-state index contributed by atoms with van der Waals surface area (Å²) in [5.41, 5.74) is 6.55. The van der Waals surface area contributed by atoms with Gasteiger partial charge in [0.05, 0.1) is 5.75 Å². The fourth-order valence-corrected chi connectivity index (χ4v) is 4.23. The van der Waals surface area contributed by atoms with Gasteiger partial charge < -0.3 is 16.0 Å². The first-order chi connectivity index (χ1) is 15.8. The van der Waals surface area contributed by atoms with Crippen molar-refractivity contribution in [3.05, 3.63) is 75.6 Å². The predicted molar refractivity (Wildman–Crippen MR) is 121 cm³/mol. The van der Waals surface area contributed by atoms with Crippen molar-refractivity contribution in [1.29, 1.82) is 0 Å². The number of fused-ring (bicyclic) bond motifs is 1. The van der Waals surface area contributed by atoms with E-state index in [1.165, 1.54) is 0 Å². The number of carbonyl (C=O) groups excluding carboxylic acids is 2. The van der Waals surface area contributed by atoms with Crippen LogP contribution in [0.2, 0.25) is 0 Å². The van der Waals surface area contributed by atoms with Crippen LogP contribution in [0.3, 0.4) is 0 Å². The predicted octanol–water partition coefficient (Wildman–Crippen LogP) is 2.95. The molecule has 4 rings (SSSR count). The number of hydrogen-bond acceptors (Lipinski definition) is 6. The number of halogens is 2. The van der Waals surface area contributed by atoms with Gasteiger partial charge in [0.15, 0.2) is 22.6 Å². The third kappa shape index (κ3) is 4.87. The van der Waals surface area contributed by atoms with Gasteiger partial charge >= 0.3 is 0 Å². The second-order valence-electron chi connectivity index (χ2n) is 7.28. The van der Waals surface area contributed by atoms with Crippen molar-refractivity contribution in [2.45, 2.75) is 18.0 Å². The van der Waals surface area contributed by atoms with Gasteiger partial charge in [-0.25, -0.2) is 13.8 Å². The van der Waals surface area contributed by atoms with E-state index < -0.39 is 23.1 Å². The Morgan fingerprint density at radius 3 is 2.73 bits per heavy atom. The number of amides is 2. The lowest BCUT2D eigenvalue weighted by molar-refractivity contribution is -0.116. The number of benzene rings is 2. The average molecular weight is 471 g/mol. The Morgan fingerprint density at radius 1 is 1.18 bits per heavy atom. The fourth-order valence-electron chi connectivity index (χ4n) is 3.48. The SMILES string of the molecule is Nc1nc(SCC(=O)N2CCCc3ccccc32)[nH]c(=O)c1NC(=O)c1ccc(F)c(F)c1. The zero-order valence-electron chi connectivity index (χ0n) is 17.2. The second-order valence-corrected chi connectivity index (χ2v) is 8.24. The summed E-state index contributed by atoms with van der Waals surface area (Å²) in [6.45, 7) is 0.609. The zero-order chi connectivity index (χ0) is 23.5. The summed E-state index contributed by atoms with van der Waals surface area (Å²) in [5, 5.41) is 2.37. The van der Waals surface area contributed by atoms with Crippen molar-refractivity contribution >= 4 is 40.8 Å². The lowest BCUT2D eigenvalue weighted by Crippen LogP contribution is -2.36. The molecular weight excluding hydrogens is 452 g/mol. The number of aromatic amines is 1. The van der Waals surface area contributed by atoms with E-state index in [0.29, 0.717) is 12.6 Å². The molecule has 0 spiro atoms. The number of nitrogen functional groups attached to an aromatic ring is 1. The molecular formula is C22H19F2N5O3S. The van der Waals surface area contributed by atoms with Crippen LogP contribution in [0.25, 0.3) is 0 Å². The van der Waals surface area contributed by atoms with E-state index >= 15 is 0 Å². The molecule has 0 radical (unpaired) electrons. The molecule has 1 aliphatic heterocycles. The highest BCUT2D eigenvalue weighted by molar-refractivity contribution is 7.99. The minimum atomic E-state index is -1.20. The Hall–Kier alpha value is -3.73. The number of hydrogen-bond donors (Lipinski definition) is 3. The topological polar surface area (TPSA) is 121 Å². The fraction of sp³-hybridized carbons (Fsp3) is 0.182. The van der Waals surface area contributed by atoms with Crippen molar-refractivity contribution in [3.8, 4) is 0 Å². The lowest BCUT2D eigenvalue weighted by Gasteiger charge is -2.29. The number of carbonyl (C=O) groups is 2. The minimum absolute atomic E-state index is 0.0251. The smallest absolute Gasteiger partial charge is 0.277 e. The Bertz CT molecular complexity index is 1300. The lowest BCUT2D eigenvalue weighted by atomic mass is 10.0. The summed E-state index contributed by atoms with van der Waals surface area (Å²) in [6, 6.07) is 10.3. The molecule has 0 saturated heterocycles. The Balaban J connectivity index is 1.44. The summed E-state index contributed by atoms with van der Waals surface area (Å²) >= 11 is 1.01. The number of nitrogens with two attached hydrogens (primary N) is 1. The number of thioether (sulfide) groups is 1. The third-order valence-corrected chi connectivity index (χ3v) is 5.95. The number of anilines is 3.